The number of carboxylic acids is 1. The number of carbonyl (C=O) groups is 1. The molecular weight excluding hydrogens is 295 g/mol. The molecule has 1 aliphatic rings. The van der Waals surface area contributed by atoms with E-state index in [0.29, 0.717) is 6.42 Å². The fourth-order valence-electron chi connectivity index (χ4n) is 3.07. The van der Waals surface area contributed by atoms with E-state index in [4.69, 9.17) is 5.11 Å². The first-order chi connectivity index (χ1) is 9.87. The Morgan fingerprint density at radius 3 is 2.62 bits per heavy atom. The van der Waals surface area contributed by atoms with Gasteiger partial charge in [-0.25, -0.2) is 17.6 Å². The lowest BCUT2D eigenvalue weighted by Gasteiger charge is -2.30. The van der Waals surface area contributed by atoms with E-state index in [2.05, 4.69) is 0 Å². The molecule has 2 unspecified atom stereocenters. The first-order valence-corrected chi connectivity index (χ1v) is 8.69. The molecular formula is C15H19FO4S. The first kappa shape index (κ1) is 15.9. The fourth-order valence-corrected chi connectivity index (χ4v) is 5.34. The molecule has 1 fully saturated rings. The zero-order chi connectivity index (χ0) is 15.6. The van der Waals surface area contributed by atoms with Crippen LogP contribution in [-0.2, 0) is 9.84 Å². The van der Waals surface area contributed by atoms with E-state index in [-0.39, 0.29) is 11.5 Å². The van der Waals surface area contributed by atoms with Crippen molar-refractivity contribution in [2.24, 2.45) is 5.92 Å². The molecule has 116 valence electrons. The number of hydrogen-bond donors (Lipinski definition) is 1. The highest BCUT2D eigenvalue weighted by molar-refractivity contribution is 7.92. The van der Waals surface area contributed by atoms with Gasteiger partial charge in [-0.05, 0) is 37.0 Å². The quantitative estimate of drug-likeness (QED) is 0.926. The highest BCUT2D eigenvalue weighted by Crippen LogP contribution is 2.35. The average Bonchev–Trinajstić information content (AvgIpc) is 2.47. The Kier molecular flexibility index (Phi) is 4.66. The topological polar surface area (TPSA) is 71.4 Å². The first-order valence-electron chi connectivity index (χ1n) is 7.14. The maximum Gasteiger partial charge on any atom is 0.335 e. The second-order valence-corrected chi connectivity index (χ2v) is 7.62. The maximum atomic E-state index is 13.9. The normalized spacial score (nSPS) is 23.0. The largest absolute Gasteiger partial charge is 0.478 e. The number of hydrogen-bond acceptors (Lipinski definition) is 3. The minimum atomic E-state index is -3.85. The fraction of sp³-hybridized carbons (Fsp3) is 0.533. The summed E-state index contributed by atoms with van der Waals surface area (Å²) in [6.07, 6.45) is 3.85. The predicted octanol–water partition coefficient (Wildman–Crippen LogP) is 3.27. The predicted molar refractivity (Wildman–Crippen MR) is 76.6 cm³/mol. The van der Waals surface area contributed by atoms with E-state index in [0.717, 1.165) is 43.9 Å². The van der Waals surface area contributed by atoms with Gasteiger partial charge in [-0.3, -0.25) is 0 Å². The van der Waals surface area contributed by atoms with Gasteiger partial charge in [0.05, 0.1) is 10.8 Å². The molecule has 1 N–H and O–H groups in total. The van der Waals surface area contributed by atoms with E-state index >= 15 is 0 Å². The summed E-state index contributed by atoms with van der Waals surface area (Å²) in [5.41, 5.74) is -0.209. The van der Waals surface area contributed by atoms with Crippen molar-refractivity contribution in [2.75, 3.05) is 0 Å². The lowest BCUT2D eigenvalue weighted by atomic mass is 9.87. The van der Waals surface area contributed by atoms with Crippen LogP contribution in [0.1, 0.15) is 49.4 Å². The Balaban J connectivity index is 2.47. The summed E-state index contributed by atoms with van der Waals surface area (Å²) in [6, 6.07) is 2.93. The summed E-state index contributed by atoms with van der Waals surface area (Å²) in [4.78, 5) is 10.5. The third-order valence-corrected chi connectivity index (χ3v) is 6.59. The molecule has 1 saturated carbocycles. The lowest BCUT2D eigenvalue weighted by Crippen LogP contribution is -2.33. The maximum absolute atomic E-state index is 13.9. The molecule has 0 aromatic heterocycles. The number of halogens is 1. The van der Waals surface area contributed by atoms with Crippen molar-refractivity contribution in [1.29, 1.82) is 0 Å². The molecule has 0 radical (unpaired) electrons. The second-order valence-electron chi connectivity index (χ2n) is 5.49. The van der Waals surface area contributed by atoms with Crippen LogP contribution in [0.2, 0.25) is 0 Å². The number of sulfone groups is 1. The minimum Gasteiger partial charge on any atom is -0.478 e. The third kappa shape index (κ3) is 3.10. The molecule has 0 bridgehead atoms. The van der Waals surface area contributed by atoms with Crippen LogP contribution in [0.4, 0.5) is 4.39 Å². The Labute approximate surface area is 123 Å². The zero-order valence-electron chi connectivity index (χ0n) is 11.9. The van der Waals surface area contributed by atoms with Gasteiger partial charge in [-0.1, -0.05) is 26.2 Å². The Hall–Kier alpha value is -1.43. The third-order valence-electron chi connectivity index (χ3n) is 4.25. The highest BCUT2D eigenvalue weighted by atomic mass is 32.2. The lowest BCUT2D eigenvalue weighted by molar-refractivity contribution is 0.0696. The molecule has 2 rings (SSSR count). The highest BCUT2D eigenvalue weighted by Gasteiger charge is 2.37. The molecule has 1 aliphatic carbocycles. The summed E-state index contributed by atoms with van der Waals surface area (Å²) in [5, 5.41) is 8.34. The Morgan fingerprint density at radius 2 is 2.00 bits per heavy atom. The van der Waals surface area contributed by atoms with Crippen LogP contribution >= 0.6 is 0 Å². The van der Waals surface area contributed by atoms with Gasteiger partial charge in [0.2, 0.25) is 0 Å². The summed E-state index contributed by atoms with van der Waals surface area (Å²) in [5.74, 6) is -2.13. The standard InChI is InChI=1S/C15H19FO4S/c1-2-10-5-3-4-6-13(10)21(19,20)14-9-11(15(17)18)7-8-12(14)16/h7-10,13H,2-6H2,1H3,(H,17,18). The molecule has 0 saturated heterocycles. The number of aromatic carboxylic acids is 1. The van der Waals surface area contributed by atoms with E-state index < -0.39 is 31.8 Å². The summed E-state index contributed by atoms with van der Waals surface area (Å²) in [6.45, 7) is 1.93. The molecule has 4 nitrogen and oxygen atoms in total. The van der Waals surface area contributed by atoms with Crippen molar-refractivity contribution < 1.29 is 22.7 Å². The van der Waals surface area contributed by atoms with Gasteiger partial charge in [0.15, 0.2) is 9.84 Å². The Bertz CT molecular complexity index is 639. The number of carboxylic acid groups (broad SMARTS) is 1. The van der Waals surface area contributed by atoms with Crippen molar-refractivity contribution in [2.45, 2.75) is 49.2 Å². The van der Waals surface area contributed by atoms with Crippen molar-refractivity contribution in [1.82, 2.24) is 0 Å². The summed E-state index contributed by atoms with van der Waals surface area (Å²) in [7, 11) is -3.85. The summed E-state index contributed by atoms with van der Waals surface area (Å²) >= 11 is 0. The van der Waals surface area contributed by atoms with Crippen LogP contribution in [0.25, 0.3) is 0 Å². The van der Waals surface area contributed by atoms with Gasteiger partial charge in [-0.15, -0.1) is 0 Å². The van der Waals surface area contributed by atoms with Crippen LogP contribution in [0.15, 0.2) is 23.1 Å². The van der Waals surface area contributed by atoms with Crippen LogP contribution in [0.3, 0.4) is 0 Å². The SMILES string of the molecule is CCC1CCCCC1S(=O)(=O)c1cc(C(=O)O)ccc1F. The van der Waals surface area contributed by atoms with Gasteiger partial charge in [0.1, 0.15) is 10.7 Å². The minimum absolute atomic E-state index is 0.0108. The summed E-state index contributed by atoms with van der Waals surface area (Å²) < 4.78 is 39.4. The van der Waals surface area contributed by atoms with E-state index in [1.54, 1.807) is 0 Å². The molecule has 1 aromatic carbocycles. The molecule has 0 spiro atoms. The van der Waals surface area contributed by atoms with Crippen molar-refractivity contribution >= 4 is 15.8 Å². The van der Waals surface area contributed by atoms with Gasteiger partial charge in [-0.2, -0.15) is 0 Å². The Morgan fingerprint density at radius 1 is 1.33 bits per heavy atom. The van der Waals surface area contributed by atoms with Crippen molar-refractivity contribution in [3.63, 3.8) is 0 Å². The van der Waals surface area contributed by atoms with Crippen LogP contribution < -0.4 is 0 Å². The molecule has 6 heteroatoms. The van der Waals surface area contributed by atoms with Gasteiger partial charge in [0.25, 0.3) is 0 Å². The molecule has 1 aromatic rings. The molecule has 0 heterocycles. The van der Waals surface area contributed by atoms with Gasteiger partial charge >= 0.3 is 5.97 Å². The van der Waals surface area contributed by atoms with Crippen LogP contribution in [0.5, 0.6) is 0 Å². The molecule has 21 heavy (non-hydrogen) atoms. The smallest absolute Gasteiger partial charge is 0.335 e. The van der Waals surface area contributed by atoms with E-state index in [1.165, 1.54) is 0 Å². The molecule has 2 atom stereocenters. The number of rotatable bonds is 4. The van der Waals surface area contributed by atoms with Crippen molar-refractivity contribution in [3.05, 3.63) is 29.6 Å². The molecule has 0 amide bonds. The second kappa shape index (κ2) is 6.13. The average molecular weight is 314 g/mol. The van der Waals surface area contributed by atoms with E-state index in [9.17, 15) is 17.6 Å². The van der Waals surface area contributed by atoms with Gasteiger partial charge in [0, 0.05) is 0 Å². The molecule has 0 aliphatic heterocycles. The zero-order valence-corrected chi connectivity index (χ0v) is 12.7. The number of benzene rings is 1. The van der Waals surface area contributed by atoms with Crippen LogP contribution in [0, 0.1) is 11.7 Å². The van der Waals surface area contributed by atoms with Crippen LogP contribution in [-0.4, -0.2) is 24.7 Å². The van der Waals surface area contributed by atoms with E-state index in [1.807, 2.05) is 6.92 Å². The monoisotopic (exact) mass is 314 g/mol. The van der Waals surface area contributed by atoms with Gasteiger partial charge < -0.3 is 5.11 Å². The van der Waals surface area contributed by atoms with Crippen molar-refractivity contribution in [3.8, 4) is 0 Å².